The van der Waals surface area contributed by atoms with E-state index >= 15 is 0 Å². The molecule has 1 spiro atoms. The monoisotopic (exact) mass is 440 g/mol. The van der Waals surface area contributed by atoms with Crippen molar-refractivity contribution in [3.8, 4) is 11.5 Å². The topological polar surface area (TPSA) is 82.0 Å². The Hall–Kier alpha value is -1.79. The van der Waals surface area contributed by atoms with Gasteiger partial charge in [-0.2, -0.15) is 0 Å². The molecule has 2 saturated carbocycles. The fraction of sp³-hybridized carbons (Fsp3) is 0.731. The Labute approximate surface area is 190 Å². The SMILES string of the molecule is CCCC(C)C(=O)N[C@@H]1CC[C@@]2(O)[C@H]3Cc4ccc(O)c5c4[C@@]2(CCN3CC2CC2)[C@H]1O5. The summed E-state index contributed by atoms with van der Waals surface area (Å²) < 4.78 is 6.51. The highest BCUT2D eigenvalue weighted by atomic mass is 16.5. The van der Waals surface area contributed by atoms with Gasteiger partial charge in [-0.1, -0.05) is 26.3 Å². The summed E-state index contributed by atoms with van der Waals surface area (Å²) in [7, 11) is 0. The zero-order valence-corrected chi connectivity index (χ0v) is 19.3. The third-order valence-electron chi connectivity index (χ3n) is 9.26. The summed E-state index contributed by atoms with van der Waals surface area (Å²) in [5, 5.41) is 26.4. The van der Waals surface area contributed by atoms with Crippen molar-refractivity contribution >= 4 is 5.91 Å². The van der Waals surface area contributed by atoms with Crippen molar-refractivity contribution in [1.29, 1.82) is 0 Å². The predicted molar refractivity (Wildman–Crippen MR) is 121 cm³/mol. The van der Waals surface area contributed by atoms with Gasteiger partial charge in [0.1, 0.15) is 6.10 Å². The zero-order chi connectivity index (χ0) is 22.3. The van der Waals surface area contributed by atoms with Crippen LogP contribution < -0.4 is 10.1 Å². The second kappa shape index (κ2) is 7.10. The van der Waals surface area contributed by atoms with Gasteiger partial charge in [0.25, 0.3) is 0 Å². The maximum absolute atomic E-state index is 12.9. The van der Waals surface area contributed by atoms with Gasteiger partial charge in [0.15, 0.2) is 11.5 Å². The number of hydrogen-bond acceptors (Lipinski definition) is 5. The summed E-state index contributed by atoms with van der Waals surface area (Å²) in [4.78, 5) is 15.5. The Kier molecular flexibility index (Phi) is 4.61. The van der Waals surface area contributed by atoms with Gasteiger partial charge in [-0.05, 0) is 69.0 Å². The molecule has 6 heteroatoms. The van der Waals surface area contributed by atoms with Crippen LogP contribution >= 0.6 is 0 Å². The molecule has 2 heterocycles. The van der Waals surface area contributed by atoms with Crippen molar-refractivity contribution in [1.82, 2.24) is 10.2 Å². The van der Waals surface area contributed by atoms with Crippen LogP contribution in [0.4, 0.5) is 0 Å². The molecular formula is C26H36N2O4. The van der Waals surface area contributed by atoms with Crippen molar-refractivity contribution < 1.29 is 19.7 Å². The van der Waals surface area contributed by atoms with E-state index in [9.17, 15) is 15.0 Å². The molecule has 3 fully saturated rings. The van der Waals surface area contributed by atoms with Gasteiger partial charge < -0.3 is 20.3 Å². The molecule has 6 nitrogen and oxygen atoms in total. The van der Waals surface area contributed by atoms with Crippen molar-refractivity contribution in [3.05, 3.63) is 23.3 Å². The molecule has 6 atom stereocenters. The van der Waals surface area contributed by atoms with Crippen LogP contribution in [0.25, 0.3) is 0 Å². The number of likely N-dealkylation sites (tertiary alicyclic amines) is 1. The second-order valence-electron chi connectivity index (χ2n) is 11.1. The van der Waals surface area contributed by atoms with Gasteiger partial charge >= 0.3 is 0 Å². The number of ether oxygens (including phenoxy) is 1. The minimum absolute atomic E-state index is 0.0365. The number of phenolic OH excluding ortho intramolecular Hbond substituents is 1. The van der Waals surface area contributed by atoms with Gasteiger partial charge in [0.05, 0.1) is 17.1 Å². The summed E-state index contributed by atoms with van der Waals surface area (Å²) in [6.07, 6.45) is 7.06. The largest absolute Gasteiger partial charge is 0.504 e. The quantitative estimate of drug-likeness (QED) is 0.634. The number of hydrogen-bond donors (Lipinski definition) is 3. The number of nitrogens with one attached hydrogen (secondary N) is 1. The Morgan fingerprint density at radius 2 is 2.12 bits per heavy atom. The molecule has 1 amide bonds. The van der Waals surface area contributed by atoms with Crippen LogP contribution in [-0.2, 0) is 16.6 Å². The fourth-order valence-corrected chi connectivity index (χ4v) is 7.52. The average Bonchev–Trinajstić information content (AvgIpc) is 3.50. The van der Waals surface area contributed by atoms with Crippen LogP contribution in [0, 0.1) is 11.8 Å². The number of benzene rings is 1. The highest BCUT2D eigenvalue weighted by Crippen LogP contribution is 2.65. The smallest absolute Gasteiger partial charge is 0.223 e. The molecule has 1 aromatic rings. The van der Waals surface area contributed by atoms with E-state index in [1.165, 1.54) is 18.4 Å². The van der Waals surface area contributed by atoms with Gasteiger partial charge in [0, 0.05) is 24.1 Å². The third-order valence-corrected chi connectivity index (χ3v) is 9.26. The first-order valence-electron chi connectivity index (χ1n) is 12.7. The third kappa shape index (κ3) is 2.68. The van der Waals surface area contributed by atoms with Gasteiger partial charge in [-0.15, -0.1) is 0 Å². The molecule has 0 aromatic heterocycles. The van der Waals surface area contributed by atoms with Gasteiger partial charge in [-0.3, -0.25) is 9.69 Å². The molecule has 2 aliphatic heterocycles. The first-order valence-corrected chi connectivity index (χ1v) is 12.7. The van der Waals surface area contributed by atoms with Crippen molar-refractivity contribution in [2.45, 2.75) is 94.4 Å². The maximum atomic E-state index is 12.9. The molecule has 3 N–H and O–H groups in total. The Balaban J connectivity index is 1.41. The number of phenols is 1. The predicted octanol–water partition coefficient (Wildman–Crippen LogP) is 2.88. The van der Waals surface area contributed by atoms with Crippen LogP contribution in [-0.4, -0.2) is 57.9 Å². The molecule has 5 aliphatic rings. The normalized spacial score (nSPS) is 38.0. The highest BCUT2D eigenvalue weighted by molar-refractivity contribution is 5.79. The zero-order valence-electron chi connectivity index (χ0n) is 19.3. The van der Waals surface area contributed by atoms with Crippen LogP contribution in [0.2, 0.25) is 0 Å². The fourth-order valence-electron chi connectivity index (χ4n) is 7.52. The molecule has 32 heavy (non-hydrogen) atoms. The Bertz CT molecular complexity index is 946. The van der Waals surface area contributed by atoms with Crippen molar-refractivity contribution in [2.24, 2.45) is 11.8 Å². The maximum Gasteiger partial charge on any atom is 0.223 e. The summed E-state index contributed by atoms with van der Waals surface area (Å²) >= 11 is 0. The molecule has 6 rings (SSSR count). The lowest BCUT2D eigenvalue weighted by Crippen LogP contribution is -2.78. The number of carbonyl (C=O) groups is 1. The summed E-state index contributed by atoms with van der Waals surface area (Å²) in [6, 6.07) is 3.68. The average molecular weight is 441 g/mol. The number of piperidine rings is 1. The Morgan fingerprint density at radius 3 is 2.88 bits per heavy atom. The van der Waals surface area contributed by atoms with Crippen molar-refractivity contribution in [2.75, 3.05) is 13.1 Å². The lowest BCUT2D eigenvalue weighted by atomic mass is 9.48. The van der Waals surface area contributed by atoms with E-state index in [-0.39, 0.29) is 35.8 Å². The molecule has 1 saturated heterocycles. The number of amides is 1. The second-order valence-corrected chi connectivity index (χ2v) is 11.1. The van der Waals surface area contributed by atoms with E-state index in [0.29, 0.717) is 18.6 Å². The molecule has 1 unspecified atom stereocenters. The van der Waals surface area contributed by atoms with E-state index in [1.807, 2.05) is 13.0 Å². The first kappa shape index (κ1) is 20.8. The summed E-state index contributed by atoms with van der Waals surface area (Å²) in [5.74, 6) is 1.50. The standard InChI is InChI=1S/C26H36N2O4/c1-3-4-15(2)24(30)27-18-9-10-26(31)20-13-17-7-8-19(29)22-21(17)25(26,23(18)32-22)11-12-28(20)14-16-5-6-16/h7-8,15-16,18,20,23,29,31H,3-6,9-14H2,1-2H3,(H,27,30)/t15?,18-,20-,23+,25+,26-/m1/s1. The van der Waals surface area contributed by atoms with Crippen LogP contribution in [0.5, 0.6) is 11.5 Å². The highest BCUT2D eigenvalue weighted by Gasteiger charge is 2.73. The van der Waals surface area contributed by atoms with E-state index in [2.05, 4.69) is 17.1 Å². The minimum Gasteiger partial charge on any atom is -0.504 e. The Morgan fingerprint density at radius 1 is 1.31 bits per heavy atom. The number of rotatable bonds is 6. The van der Waals surface area contributed by atoms with Gasteiger partial charge in [0.2, 0.25) is 5.91 Å². The van der Waals surface area contributed by atoms with Crippen LogP contribution in [0.3, 0.4) is 0 Å². The van der Waals surface area contributed by atoms with Gasteiger partial charge in [-0.25, -0.2) is 0 Å². The number of aliphatic hydroxyl groups is 1. The lowest BCUT2D eigenvalue weighted by Gasteiger charge is -2.64. The molecule has 0 radical (unpaired) electrons. The molecule has 1 aromatic carbocycles. The molecular weight excluding hydrogens is 404 g/mol. The number of nitrogens with zero attached hydrogens (tertiary/aromatic N) is 1. The first-order chi connectivity index (χ1) is 15.4. The van der Waals surface area contributed by atoms with Crippen LogP contribution in [0.15, 0.2) is 12.1 Å². The van der Waals surface area contributed by atoms with E-state index < -0.39 is 11.0 Å². The summed E-state index contributed by atoms with van der Waals surface area (Å²) in [6.45, 7) is 6.09. The number of carbonyl (C=O) groups excluding carboxylic acids is 1. The van der Waals surface area contributed by atoms with E-state index in [4.69, 9.17) is 4.74 Å². The van der Waals surface area contributed by atoms with Crippen LogP contribution in [0.1, 0.15) is 69.9 Å². The molecule has 2 bridgehead atoms. The minimum atomic E-state index is -0.896. The van der Waals surface area contributed by atoms with E-state index in [0.717, 1.165) is 50.3 Å². The van der Waals surface area contributed by atoms with Crippen molar-refractivity contribution in [3.63, 3.8) is 0 Å². The lowest BCUT2D eigenvalue weighted by molar-refractivity contribution is -0.192. The molecule has 174 valence electrons. The van der Waals surface area contributed by atoms with E-state index in [1.54, 1.807) is 6.07 Å². The number of aromatic hydroxyl groups is 1. The summed E-state index contributed by atoms with van der Waals surface area (Å²) in [5.41, 5.74) is 0.756. The molecule has 3 aliphatic carbocycles.